The molecule has 0 bridgehead atoms. The summed E-state index contributed by atoms with van der Waals surface area (Å²) in [6.45, 7) is 14.3. The van der Waals surface area contributed by atoms with Crippen LogP contribution in [0.2, 0.25) is 3.72 Å². The summed E-state index contributed by atoms with van der Waals surface area (Å²) in [6, 6.07) is 12.0. The second-order valence-electron chi connectivity index (χ2n) is 7.26. The molecule has 0 saturated heterocycles. The molecule has 0 N–H and O–H groups in total. The van der Waals surface area contributed by atoms with E-state index in [0.717, 1.165) is 0 Å². The number of hydrogen-bond donors (Lipinski definition) is 0. The van der Waals surface area contributed by atoms with Crippen LogP contribution in [0, 0.1) is 0 Å². The number of hydrogen-bond acceptors (Lipinski definition) is 1. The van der Waals surface area contributed by atoms with E-state index < -0.39 is 17.4 Å². The van der Waals surface area contributed by atoms with Crippen molar-refractivity contribution >= 4 is 12.6 Å². The van der Waals surface area contributed by atoms with Gasteiger partial charge >= 0.3 is 151 Å². The van der Waals surface area contributed by atoms with Crippen molar-refractivity contribution in [1.29, 1.82) is 0 Å². The van der Waals surface area contributed by atoms with Gasteiger partial charge in [-0.05, 0) is 0 Å². The molecule has 0 spiro atoms. The summed E-state index contributed by atoms with van der Waals surface area (Å²) in [6.07, 6.45) is 3.86. The van der Waals surface area contributed by atoms with Crippen LogP contribution in [0.25, 0.3) is 0 Å². The molecule has 3 heteroatoms. The number of rotatable bonds is 6. The fourth-order valence-corrected chi connectivity index (χ4v) is 17.6. The van der Waals surface area contributed by atoms with Crippen molar-refractivity contribution in [3.63, 3.8) is 0 Å². The molecule has 23 heavy (non-hydrogen) atoms. The van der Waals surface area contributed by atoms with Crippen LogP contribution in [-0.4, -0.2) is 23.9 Å². The molecular weight excluding hydrogens is 330 g/mol. The molecule has 1 aliphatic carbocycles. The van der Waals surface area contributed by atoms with E-state index in [-0.39, 0.29) is 7.39 Å². The standard InChI is InChI=1S/C9H13.C6H7Si.C5H12N.Ti/c1-6-5-7(2)9(4)8(6)3;7-6-4-2-1-3-5-6;1-4-5(2)6-3;/h5H,1-4H3;1-5H,7H2;5H,4H2,1-3H3;/q;;-1;+1. The third-order valence-electron chi connectivity index (χ3n) is 5.93. The van der Waals surface area contributed by atoms with E-state index in [1.54, 1.807) is 10.8 Å². The van der Waals surface area contributed by atoms with Crippen LogP contribution < -0.4 is 5.19 Å². The minimum atomic E-state index is -1.44. The fraction of sp³-hybridized carbons (Fsp3) is 0.500. The van der Waals surface area contributed by atoms with E-state index in [4.69, 9.17) is 0 Å². The first kappa shape index (κ1) is 18.9. The molecule has 2 rings (SSSR count). The van der Waals surface area contributed by atoms with Crippen LogP contribution in [0.3, 0.4) is 0 Å². The molecule has 0 amide bonds. The maximum absolute atomic E-state index is 2.82. The first-order valence-corrected chi connectivity index (χ1v) is 15.0. The Balaban J connectivity index is 2.42. The van der Waals surface area contributed by atoms with Crippen LogP contribution in [0.1, 0.15) is 48.0 Å². The van der Waals surface area contributed by atoms with Gasteiger partial charge in [-0.25, -0.2) is 0 Å². The Kier molecular flexibility index (Phi) is 6.29. The average Bonchev–Trinajstić information content (AvgIpc) is 2.76. The number of nitrogens with zero attached hydrogens (tertiary/aromatic N) is 1. The van der Waals surface area contributed by atoms with E-state index in [1.165, 1.54) is 17.6 Å². The summed E-state index contributed by atoms with van der Waals surface area (Å²) in [7, 11) is 2.17. The Hall–Kier alpha value is -0.409. The molecule has 0 aromatic heterocycles. The van der Waals surface area contributed by atoms with E-state index >= 15 is 0 Å². The molecule has 0 aliphatic heterocycles. The fourth-order valence-electron chi connectivity index (χ4n) is 3.64. The molecule has 1 aliphatic rings. The Morgan fingerprint density at radius 3 is 2.26 bits per heavy atom. The molecule has 125 valence electrons. The quantitative estimate of drug-likeness (QED) is 0.688. The topological polar surface area (TPSA) is 3.24 Å². The zero-order chi connectivity index (χ0) is 17.2. The summed E-state index contributed by atoms with van der Waals surface area (Å²) >= 11 is -1.44. The predicted octanol–water partition coefficient (Wildman–Crippen LogP) is 4.13. The van der Waals surface area contributed by atoms with Gasteiger partial charge in [-0.15, -0.1) is 0 Å². The SMILES string of the molecule is CCC(C)[N](C)[Ti]([SiH2]c1ccccc1)[C]1(C)C=C(C)C(C)=C1C. The zero-order valence-electron chi connectivity index (χ0n) is 15.9. The summed E-state index contributed by atoms with van der Waals surface area (Å²) in [5, 5.41) is 1.64. The van der Waals surface area contributed by atoms with Crippen molar-refractivity contribution in [3.05, 3.63) is 53.1 Å². The Morgan fingerprint density at radius 1 is 1.17 bits per heavy atom. The van der Waals surface area contributed by atoms with E-state index in [0.29, 0.717) is 9.76 Å². The van der Waals surface area contributed by atoms with Crippen molar-refractivity contribution in [2.45, 2.75) is 57.7 Å². The molecule has 1 nitrogen and oxygen atoms in total. The second-order valence-corrected chi connectivity index (χ2v) is 17.0. The molecule has 1 aromatic carbocycles. The van der Waals surface area contributed by atoms with Gasteiger partial charge in [0.2, 0.25) is 0 Å². The van der Waals surface area contributed by atoms with E-state index in [9.17, 15) is 0 Å². The first-order valence-electron chi connectivity index (χ1n) is 8.82. The van der Waals surface area contributed by atoms with Crippen LogP contribution in [0.15, 0.2) is 53.1 Å². The van der Waals surface area contributed by atoms with Gasteiger partial charge in [0.25, 0.3) is 0 Å². The monoisotopic (exact) mass is 362 g/mol. The third kappa shape index (κ3) is 3.82. The van der Waals surface area contributed by atoms with Gasteiger partial charge in [-0.1, -0.05) is 0 Å². The Bertz CT molecular complexity index is 607. The zero-order valence-corrected chi connectivity index (χ0v) is 18.9. The van der Waals surface area contributed by atoms with E-state index in [1.807, 2.05) is 0 Å². The molecule has 2 atom stereocenters. The Labute approximate surface area is 151 Å². The van der Waals surface area contributed by atoms with Gasteiger partial charge in [0.15, 0.2) is 0 Å². The van der Waals surface area contributed by atoms with Gasteiger partial charge in [0, 0.05) is 0 Å². The minimum absolute atomic E-state index is 0.246. The van der Waals surface area contributed by atoms with Gasteiger partial charge in [-0.3, -0.25) is 0 Å². The molecule has 0 saturated carbocycles. The summed E-state index contributed by atoms with van der Waals surface area (Å²) in [5.74, 6) is 0. The molecule has 0 fully saturated rings. The maximum atomic E-state index is 2.82. The summed E-state index contributed by atoms with van der Waals surface area (Å²) < 4.78 is 3.17. The van der Waals surface area contributed by atoms with Crippen molar-refractivity contribution < 1.29 is 17.4 Å². The van der Waals surface area contributed by atoms with Crippen LogP contribution in [-0.2, 0) is 17.4 Å². The van der Waals surface area contributed by atoms with Gasteiger partial charge < -0.3 is 0 Å². The van der Waals surface area contributed by atoms with Crippen molar-refractivity contribution in [3.8, 4) is 0 Å². The van der Waals surface area contributed by atoms with Gasteiger partial charge in [0.1, 0.15) is 0 Å². The second kappa shape index (κ2) is 7.65. The third-order valence-corrected chi connectivity index (χ3v) is 20.4. The normalized spacial score (nSPS) is 23.0. The van der Waals surface area contributed by atoms with Crippen molar-refractivity contribution in [2.24, 2.45) is 0 Å². The van der Waals surface area contributed by atoms with E-state index in [2.05, 4.69) is 88.4 Å². The predicted molar refractivity (Wildman–Crippen MR) is 103 cm³/mol. The van der Waals surface area contributed by atoms with Crippen LogP contribution in [0.4, 0.5) is 0 Å². The number of benzene rings is 1. The molecule has 1 aromatic rings. The average molecular weight is 362 g/mol. The molecular formula is C20H32NSiTi. The van der Waals surface area contributed by atoms with Gasteiger partial charge in [0.05, 0.1) is 0 Å². The molecule has 2 unspecified atom stereocenters. The van der Waals surface area contributed by atoms with Crippen molar-refractivity contribution in [2.75, 3.05) is 7.05 Å². The van der Waals surface area contributed by atoms with Crippen molar-refractivity contribution in [1.82, 2.24) is 3.38 Å². The summed E-state index contributed by atoms with van der Waals surface area (Å²) in [4.78, 5) is 0. The first-order chi connectivity index (χ1) is 10.8. The number of allylic oxidation sites excluding steroid dienone is 4. The molecule has 0 heterocycles. The van der Waals surface area contributed by atoms with Gasteiger partial charge in [-0.2, -0.15) is 0 Å². The van der Waals surface area contributed by atoms with Crippen LogP contribution in [0.5, 0.6) is 0 Å². The Morgan fingerprint density at radius 2 is 1.78 bits per heavy atom. The van der Waals surface area contributed by atoms with Crippen LogP contribution >= 0.6 is 0 Å². The molecule has 0 radical (unpaired) electrons. The summed E-state index contributed by atoms with van der Waals surface area (Å²) in [5.41, 5.74) is 4.69.